The molecule has 36 heavy (non-hydrogen) atoms. The molecule has 0 amide bonds. The summed E-state index contributed by atoms with van der Waals surface area (Å²) in [6.07, 6.45) is -0.127. The lowest BCUT2D eigenvalue weighted by molar-refractivity contribution is -0.137. The minimum atomic E-state index is -4.37. The van der Waals surface area contributed by atoms with Gasteiger partial charge < -0.3 is 15.1 Å². The lowest BCUT2D eigenvalue weighted by atomic mass is 10.1. The number of halogens is 3. The number of aromatic carboxylic acids is 1. The van der Waals surface area contributed by atoms with Crippen molar-refractivity contribution in [1.29, 1.82) is 0 Å². The molecule has 4 nitrogen and oxygen atoms in total. The topological polar surface area (TPSA) is 60.8 Å². The maximum absolute atomic E-state index is 12.7. The summed E-state index contributed by atoms with van der Waals surface area (Å²) >= 11 is 0. The first-order valence-electron chi connectivity index (χ1n) is 11.8. The van der Waals surface area contributed by atoms with Crippen LogP contribution in [0.25, 0.3) is 0 Å². The van der Waals surface area contributed by atoms with Crippen LogP contribution >= 0.6 is 0 Å². The monoisotopic (exact) mass is 495 g/mol. The van der Waals surface area contributed by atoms with E-state index in [0.717, 1.165) is 55.5 Å². The van der Waals surface area contributed by atoms with E-state index < -0.39 is 17.7 Å². The Kier molecular flexibility index (Phi) is 9.02. The largest absolute Gasteiger partial charge is 0.507 e. The van der Waals surface area contributed by atoms with Crippen molar-refractivity contribution in [2.24, 2.45) is 0 Å². The summed E-state index contributed by atoms with van der Waals surface area (Å²) in [6.45, 7) is 3.42. The van der Waals surface area contributed by atoms with Crippen LogP contribution in [-0.4, -0.2) is 22.7 Å². The number of carboxylic acid groups (broad SMARTS) is 1. The van der Waals surface area contributed by atoms with Gasteiger partial charge in [0.1, 0.15) is 11.3 Å². The number of nitrogens with zero attached hydrogens (tertiary/aromatic N) is 1. The Morgan fingerprint density at radius 1 is 0.889 bits per heavy atom. The lowest BCUT2D eigenvalue weighted by Crippen LogP contribution is -2.24. The van der Waals surface area contributed by atoms with Gasteiger partial charge in [-0.1, -0.05) is 50.2 Å². The minimum Gasteiger partial charge on any atom is -0.507 e. The molecule has 0 bridgehead atoms. The predicted octanol–water partition coefficient (Wildman–Crippen LogP) is 7.10. The Bertz CT molecular complexity index is 1220. The summed E-state index contributed by atoms with van der Waals surface area (Å²) in [6, 6.07) is 16.9. The molecule has 0 atom stereocenters. The van der Waals surface area contributed by atoms with E-state index in [1.54, 1.807) is 6.07 Å². The zero-order chi connectivity index (χ0) is 26.1. The van der Waals surface area contributed by atoms with Crippen molar-refractivity contribution in [1.82, 2.24) is 0 Å². The van der Waals surface area contributed by atoms with Gasteiger partial charge in [-0.05, 0) is 66.6 Å². The van der Waals surface area contributed by atoms with E-state index in [2.05, 4.69) is 23.7 Å². The Hall–Kier alpha value is -3.92. The van der Waals surface area contributed by atoms with Crippen LogP contribution in [-0.2, 0) is 12.7 Å². The molecule has 2 N–H and O–H groups in total. The van der Waals surface area contributed by atoms with Gasteiger partial charge in [0.15, 0.2) is 0 Å². The molecule has 0 saturated heterocycles. The van der Waals surface area contributed by atoms with Crippen LogP contribution in [0.4, 0.5) is 18.9 Å². The molecule has 188 valence electrons. The average molecular weight is 496 g/mol. The van der Waals surface area contributed by atoms with Gasteiger partial charge in [-0.3, -0.25) is 0 Å². The summed E-state index contributed by atoms with van der Waals surface area (Å²) in [4.78, 5) is 13.6. The number of hydrogen-bond donors (Lipinski definition) is 2. The van der Waals surface area contributed by atoms with E-state index in [-0.39, 0.29) is 11.3 Å². The van der Waals surface area contributed by atoms with Crippen LogP contribution in [0.2, 0.25) is 0 Å². The van der Waals surface area contributed by atoms with Gasteiger partial charge in [-0.15, -0.1) is 0 Å². The summed E-state index contributed by atoms with van der Waals surface area (Å²) in [5.41, 5.74) is 2.09. The number of rotatable bonds is 9. The first-order valence-corrected chi connectivity index (χ1v) is 11.8. The number of carbonyl (C=O) groups is 1. The minimum absolute atomic E-state index is 0.139. The Labute approximate surface area is 209 Å². The lowest BCUT2D eigenvalue weighted by Gasteiger charge is -2.25. The molecule has 0 radical (unpaired) electrons. The second kappa shape index (κ2) is 12.2. The van der Waals surface area contributed by atoms with Crippen LogP contribution in [0.1, 0.15) is 65.2 Å². The van der Waals surface area contributed by atoms with Gasteiger partial charge in [-0.2, -0.15) is 13.2 Å². The Balaban J connectivity index is 1.74. The van der Waals surface area contributed by atoms with Crippen molar-refractivity contribution in [2.75, 3.05) is 11.4 Å². The third-order valence-electron chi connectivity index (χ3n) is 5.75. The molecular formula is C29H28F3NO3. The smallest absolute Gasteiger partial charge is 0.416 e. The van der Waals surface area contributed by atoms with Crippen LogP contribution in [0, 0.1) is 11.8 Å². The number of hydrogen-bond acceptors (Lipinski definition) is 3. The molecule has 0 saturated carbocycles. The zero-order valence-electron chi connectivity index (χ0n) is 20.0. The molecule has 3 aromatic rings. The van der Waals surface area contributed by atoms with Crippen molar-refractivity contribution in [3.8, 4) is 17.6 Å². The first-order chi connectivity index (χ1) is 17.2. The third-order valence-corrected chi connectivity index (χ3v) is 5.75. The van der Waals surface area contributed by atoms with E-state index in [0.29, 0.717) is 17.8 Å². The van der Waals surface area contributed by atoms with Crippen molar-refractivity contribution in [3.63, 3.8) is 0 Å². The highest BCUT2D eigenvalue weighted by Crippen LogP contribution is 2.29. The molecule has 3 rings (SSSR count). The van der Waals surface area contributed by atoms with Gasteiger partial charge >= 0.3 is 12.1 Å². The number of benzene rings is 3. The molecule has 0 heterocycles. The number of carboxylic acids is 1. The van der Waals surface area contributed by atoms with E-state index in [4.69, 9.17) is 0 Å². The second-order valence-electron chi connectivity index (χ2n) is 8.51. The van der Waals surface area contributed by atoms with Crippen LogP contribution in [0.5, 0.6) is 5.75 Å². The number of phenols is 1. The number of aromatic hydroxyl groups is 1. The molecule has 0 aliphatic heterocycles. The molecule has 3 aromatic carbocycles. The maximum atomic E-state index is 12.7. The van der Waals surface area contributed by atoms with Gasteiger partial charge in [-0.25, -0.2) is 4.79 Å². The average Bonchev–Trinajstić information content (AvgIpc) is 2.85. The van der Waals surface area contributed by atoms with Gasteiger partial charge in [0.2, 0.25) is 0 Å². The SMILES string of the molecule is CCCCCCN(Cc1ccc(C#Cc2ccc(C(F)(F)F)cc2)cc1)c1ccc(O)c(C(=O)O)c1. The molecule has 7 heteroatoms. The fourth-order valence-electron chi connectivity index (χ4n) is 3.72. The van der Waals surface area contributed by atoms with E-state index in [1.807, 2.05) is 24.3 Å². The zero-order valence-corrected chi connectivity index (χ0v) is 20.0. The molecule has 0 fully saturated rings. The summed E-state index contributed by atoms with van der Waals surface area (Å²) in [5, 5.41) is 19.3. The first kappa shape index (κ1) is 26.7. The van der Waals surface area contributed by atoms with Crippen molar-refractivity contribution < 1.29 is 28.2 Å². The van der Waals surface area contributed by atoms with Gasteiger partial charge in [0.25, 0.3) is 0 Å². The quantitative estimate of drug-likeness (QED) is 0.246. The highest BCUT2D eigenvalue weighted by molar-refractivity contribution is 5.92. The van der Waals surface area contributed by atoms with Crippen molar-refractivity contribution in [2.45, 2.75) is 45.3 Å². The number of unbranched alkanes of at least 4 members (excludes halogenated alkanes) is 3. The fourth-order valence-corrected chi connectivity index (χ4v) is 3.72. The number of alkyl halides is 3. The van der Waals surface area contributed by atoms with Gasteiger partial charge in [0, 0.05) is 29.9 Å². The molecule has 0 aliphatic rings. The molecule has 0 aromatic heterocycles. The standard InChI is InChI=1S/C29H28F3NO3/c1-2-3-4-5-18-33(25-16-17-27(34)26(19-25)28(35)36)20-23-10-8-21(9-11-23)6-7-22-12-14-24(15-13-22)29(30,31)32/h8-17,19,34H,2-5,18,20H2,1H3,(H,35,36). The number of anilines is 1. The summed E-state index contributed by atoms with van der Waals surface area (Å²) < 4.78 is 38.1. The summed E-state index contributed by atoms with van der Waals surface area (Å²) in [7, 11) is 0. The highest BCUT2D eigenvalue weighted by atomic mass is 19.4. The Morgan fingerprint density at radius 3 is 2.06 bits per heavy atom. The highest BCUT2D eigenvalue weighted by Gasteiger charge is 2.29. The van der Waals surface area contributed by atoms with Crippen molar-refractivity contribution in [3.05, 3.63) is 94.5 Å². The molecule has 0 aliphatic carbocycles. The molecule has 0 unspecified atom stereocenters. The van der Waals surface area contributed by atoms with Crippen LogP contribution in [0.3, 0.4) is 0 Å². The van der Waals surface area contributed by atoms with Crippen molar-refractivity contribution >= 4 is 11.7 Å². The predicted molar refractivity (Wildman–Crippen MR) is 134 cm³/mol. The fraction of sp³-hybridized carbons (Fsp3) is 0.276. The second-order valence-corrected chi connectivity index (χ2v) is 8.51. The maximum Gasteiger partial charge on any atom is 0.416 e. The van der Waals surface area contributed by atoms with E-state index in [9.17, 15) is 28.2 Å². The van der Waals surface area contributed by atoms with Crippen LogP contribution < -0.4 is 4.90 Å². The normalized spacial score (nSPS) is 11.0. The van der Waals surface area contributed by atoms with Crippen LogP contribution in [0.15, 0.2) is 66.7 Å². The molecule has 0 spiro atoms. The van der Waals surface area contributed by atoms with E-state index >= 15 is 0 Å². The van der Waals surface area contributed by atoms with Gasteiger partial charge in [0.05, 0.1) is 5.56 Å². The Morgan fingerprint density at radius 2 is 1.50 bits per heavy atom. The third kappa shape index (κ3) is 7.54. The molecular weight excluding hydrogens is 467 g/mol. The summed E-state index contributed by atoms with van der Waals surface area (Å²) in [5.74, 6) is 4.39. The van der Waals surface area contributed by atoms with E-state index in [1.165, 1.54) is 24.3 Å².